The van der Waals surface area contributed by atoms with Crippen LogP contribution in [0, 0.1) is 11.6 Å². The molecule has 1 amide bonds. The lowest BCUT2D eigenvalue weighted by Gasteiger charge is -2.22. The highest BCUT2D eigenvalue weighted by Crippen LogP contribution is 2.31. The lowest BCUT2D eigenvalue weighted by atomic mass is 9.94. The first-order valence-electron chi connectivity index (χ1n) is 6.13. The van der Waals surface area contributed by atoms with Gasteiger partial charge in [-0.05, 0) is 34.8 Å². The number of rotatable bonds is 3. The first-order valence-corrected chi connectivity index (χ1v) is 6.92. The Hall–Kier alpha value is -1.01. The van der Waals surface area contributed by atoms with Crippen LogP contribution in [0.4, 0.5) is 14.5 Å². The van der Waals surface area contributed by atoms with Crippen LogP contribution in [0.25, 0.3) is 0 Å². The highest BCUT2D eigenvalue weighted by Gasteiger charge is 2.32. The van der Waals surface area contributed by atoms with E-state index in [4.69, 9.17) is 5.73 Å². The van der Waals surface area contributed by atoms with E-state index >= 15 is 0 Å². The van der Waals surface area contributed by atoms with Gasteiger partial charge in [0.1, 0.15) is 5.82 Å². The van der Waals surface area contributed by atoms with Crippen LogP contribution in [-0.2, 0) is 4.79 Å². The SMILES string of the molecule is NC1(CC(=O)Nc2c(F)cc(F)cc2Br)CCCC1. The highest BCUT2D eigenvalue weighted by atomic mass is 79.9. The van der Waals surface area contributed by atoms with E-state index in [9.17, 15) is 13.6 Å². The van der Waals surface area contributed by atoms with Crippen LogP contribution in [0.1, 0.15) is 32.1 Å². The van der Waals surface area contributed by atoms with Crippen molar-refractivity contribution < 1.29 is 13.6 Å². The third kappa shape index (κ3) is 3.51. The number of nitrogens with two attached hydrogens (primary N) is 1. The largest absolute Gasteiger partial charge is 0.325 e. The van der Waals surface area contributed by atoms with Gasteiger partial charge in [-0.15, -0.1) is 0 Å². The molecule has 6 heteroatoms. The van der Waals surface area contributed by atoms with E-state index in [1.165, 1.54) is 0 Å². The Bertz CT molecular complexity index is 478. The summed E-state index contributed by atoms with van der Waals surface area (Å²) in [5.41, 5.74) is 5.55. The van der Waals surface area contributed by atoms with E-state index in [0.29, 0.717) is 0 Å². The summed E-state index contributed by atoms with van der Waals surface area (Å²) in [6.45, 7) is 0. The summed E-state index contributed by atoms with van der Waals surface area (Å²) < 4.78 is 26.7. The van der Waals surface area contributed by atoms with Gasteiger partial charge in [0.25, 0.3) is 0 Å². The third-order valence-electron chi connectivity index (χ3n) is 3.38. The fraction of sp³-hybridized carbons (Fsp3) is 0.462. The maximum atomic E-state index is 13.6. The van der Waals surface area contributed by atoms with Crippen LogP contribution in [-0.4, -0.2) is 11.4 Å². The van der Waals surface area contributed by atoms with Crippen LogP contribution < -0.4 is 11.1 Å². The number of amides is 1. The van der Waals surface area contributed by atoms with E-state index in [-0.39, 0.29) is 22.5 Å². The summed E-state index contributed by atoms with van der Waals surface area (Å²) in [7, 11) is 0. The van der Waals surface area contributed by atoms with Gasteiger partial charge in [-0.2, -0.15) is 0 Å². The Balaban J connectivity index is 2.07. The van der Waals surface area contributed by atoms with E-state index < -0.39 is 17.2 Å². The molecule has 2 rings (SSSR count). The molecule has 1 saturated carbocycles. The van der Waals surface area contributed by atoms with E-state index in [1.54, 1.807) is 0 Å². The number of benzene rings is 1. The van der Waals surface area contributed by atoms with Gasteiger partial charge < -0.3 is 11.1 Å². The first kappa shape index (κ1) is 14.4. The maximum absolute atomic E-state index is 13.6. The van der Waals surface area contributed by atoms with Crippen molar-refractivity contribution in [2.45, 2.75) is 37.6 Å². The summed E-state index contributed by atoms with van der Waals surface area (Å²) in [4.78, 5) is 11.9. The Morgan fingerprint density at radius 1 is 1.37 bits per heavy atom. The molecule has 1 aliphatic rings. The molecule has 1 aliphatic carbocycles. The van der Waals surface area contributed by atoms with Gasteiger partial charge in [-0.3, -0.25) is 4.79 Å². The molecule has 1 aromatic rings. The number of hydrogen-bond donors (Lipinski definition) is 2. The summed E-state index contributed by atoms with van der Waals surface area (Å²) >= 11 is 3.03. The highest BCUT2D eigenvalue weighted by molar-refractivity contribution is 9.10. The van der Waals surface area contributed by atoms with Gasteiger partial charge >= 0.3 is 0 Å². The standard InChI is InChI=1S/C13H15BrF2N2O/c14-9-5-8(15)6-10(16)12(9)18-11(19)7-13(17)3-1-2-4-13/h5-6H,1-4,7,17H2,(H,18,19). The van der Waals surface area contributed by atoms with Gasteiger partial charge in [0.05, 0.1) is 5.69 Å². The smallest absolute Gasteiger partial charge is 0.226 e. The predicted octanol–water partition coefficient (Wildman–Crippen LogP) is 3.33. The predicted molar refractivity (Wildman–Crippen MR) is 72.7 cm³/mol. The summed E-state index contributed by atoms with van der Waals surface area (Å²) in [6.07, 6.45) is 3.77. The molecule has 3 nitrogen and oxygen atoms in total. The normalized spacial score (nSPS) is 17.5. The van der Waals surface area contributed by atoms with Crippen LogP contribution in [0.5, 0.6) is 0 Å². The first-order chi connectivity index (χ1) is 8.89. The second-order valence-corrected chi connectivity index (χ2v) is 5.89. The van der Waals surface area contributed by atoms with Gasteiger partial charge in [0.2, 0.25) is 5.91 Å². The van der Waals surface area contributed by atoms with Crippen molar-refractivity contribution >= 4 is 27.5 Å². The molecule has 0 unspecified atom stereocenters. The lowest BCUT2D eigenvalue weighted by molar-refractivity contribution is -0.117. The van der Waals surface area contributed by atoms with Crippen molar-refractivity contribution in [1.82, 2.24) is 0 Å². The Morgan fingerprint density at radius 3 is 2.58 bits per heavy atom. The molecule has 3 N–H and O–H groups in total. The molecule has 0 radical (unpaired) electrons. The second kappa shape index (κ2) is 5.54. The number of carbonyl (C=O) groups is 1. The zero-order valence-electron chi connectivity index (χ0n) is 10.3. The fourth-order valence-corrected chi connectivity index (χ4v) is 2.93. The molecule has 0 heterocycles. The molecule has 0 atom stereocenters. The number of halogens is 3. The van der Waals surface area contributed by atoms with Crippen LogP contribution in [0.3, 0.4) is 0 Å². The van der Waals surface area contributed by atoms with Crippen molar-refractivity contribution in [2.75, 3.05) is 5.32 Å². The molecule has 0 spiro atoms. The molecule has 0 aromatic heterocycles. The van der Waals surface area contributed by atoms with Crippen LogP contribution in [0.2, 0.25) is 0 Å². The van der Waals surface area contributed by atoms with Crippen LogP contribution in [0.15, 0.2) is 16.6 Å². The minimum absolute atomic E-state index is 0.0482. The summed E-state index contributed by atoms with van der Waals surface area (Å²) in [5, 5.41) is 2.45. The average molecular weight is 333 g/mol. The zero-order valence-corrected chi connectivity index (χ0v) is 11.9. The van der Waals surface area contributed by atoms with Gasteiger partial charge in [-0.1, -0.05) is 12.8 Å². The monoisotopic (exact) mass is 332 g/mol. The quantitative estimate of drug-likeness (QED) is 0.891. The topological polar surface area (TPSA) is 55.1 Å². The van der Waals surface area contributed by atoms with E-state index in [2.05, 4.69) is 21.2 Å². The molecule has 1 aromatic carbocycles. The molecule has 0 saturated heterocycles. The lowest BCUT2D eigenvalue weighted by Crippen LogP contribution is -2.40. The third-order valence-corrected chi connectivity index (χ3v) is 4.01. The molecule has 0 bridgehead atoms. The number of anilines is 1. The molecule has 0 aliphatic heterocycles. The van der Waals surface area contributed by atoms with Crippen molar-refractivity contribution in [1.29, 1.82) is 0 Å². The fourth-order valence-electron chi connectivity index (χ4n) is 2.42. The summed E-state index contributed by atoms with van der Waals surface area (Å²) in [6, 6.07) is 1.83. The Labute approximate surface area is 118 Å². The maximum Gasteiger partial charge on any atom is 0.226 e. The van der Waals surface area contributed by atoms with E-state index in [0.717, 1.165) is 37.8 Å². The number of nitrogens with one attached hydrogen (secondary N) is 1. The van der Waals surface area contributed by atoms with Crippen molar-refractivity contribution in [2.24, 2.45) is 5.73 Å². The molecular weight excluding hydrogens is 318 g/mol. The average Bonchev–Trinajstić information content (AvgIpc) is 2.70. The number of hydrogen-bond acceptors (Lipinski definition) is 2. The molecule has 1 fully saturated rings. The second-order valence-electron chi connectivity index (χ2n) is 5.04. The van der Waals surface area contributed by atoms with Gasteiger partial charge in [0, 0.05) is 22.5 Å². The minimum atomic E-state index is -0.808. The molecule has 104 valence electrons. The molecular formula is C13H15BrF2N2O. The van der Waals surface area contributed by atoms with Crippen LogP contribution >= 0.6 is 15.9 Å². The van der Waals surface area contributed by atoms with Gasteiger partial charge in [-0.25, -0.2) is 8.78 Å². The minimum Gasteiger partial charge on any atom is -0.325 e. The Kier molecular flexibility index (Phi) is 4.20. The summed E-state index contributed by atoms with van der Waals surface area (Å²) in [5.74, 6) is -1.86. The molecule has 19 heavy (non-hydrogen) atoms. The van der Waals surface area contributed by atoms with E-state index in [1.807, 2.05) is 0 Å². The van der Waals surface area contributed by atoms with Crippen molar-refractivity contribution in [3.8, 4) is 0 Å². The number of carbonyl (C=O) groups excluding carboxylic acids is 1. The zero-order chi connectivity index (χ0) is 14.0. The van der Waals surface area contributed by atoms with Gasteiger partial charge in [0.15, 0.2) is 5.82 Å². The van der Waals surface area contributed by atoms with Crippen molar-refractivity contribution in [3.63, 3.8) is 0 Å². The Morgan fingerprint density at radius 2 is 2.00 bits per heavy atom. The van der Waals surface area contributed by atoms with Crippen molar-refractivity contribution in [3.05, 3.63) is 28.2 Å².